The molecule has 0 amide bonds. The molecule has 6 nitrogen and oxygen atoms in total. The van der Waals surface area contributed by atoms with Gasteiger partial charge in [0.05, 0.1) is 22.0 Å². The lowest BCUT2D eigenvalue weighted by atomic mass is 10.3. The van der Waals surface area contributed by atoms with Gasteiger partial charge in [0.15, 0.2) is 0 Å². The van der Waals surface area contributed by atoms with Crippen molar-refractivity contribution in [2.24, 2.45) is 0 Å². The van der Waals surface area contributed by atoms with E-state index in [-0.39, 0.29) is 5.75 Å². The molecule has 0 aliphatic carbocycles. The van der Waals surface area contributed by atoms with Crippen molar-refractivity contribution < 1.29 is 25.9 Å². The highest BCUT2D eigenvalue weighted by atomic mass is 32.2. The first-order valence-electron chi connectivity index (χ1n) is 9.93. The minimum absolute atomic E-state index is 0.189. The molecular weight excluding hydrogens is 467 g/mol. The molecule has 0 aromatic heterocycles. The Hall–Kier alpha value is -2.09. The van der Waals surface area contributed by atoms with Gasteiger partial charge in [-0.1, -0.05) is 54.6 Å². The Morgan fingerprint density at radius 2 is 1.00 bits per heavy atom. The molecule has 3 rings (SSSR count). The van der Waals surface area contributed by atoms with Crippen LogP contribution in [0.2, 0.25) is 0 Å². The number of hydrogen-bond donors (Lipinski definition) is 1. The first kappa shape index (κ1) is 26.2. The second-order valence-electron chi connectivity index (χ2n) is 7.24. The summed E-state index contributed by atoms with van der Waals surface area (Å²) >= 11 is 0. The number of rotatable bonds is 8. The van der Waals surface area contributed by atoms with Gasteiger partial charge in [-0.2, -0.15) is 8.42 Å². The summed E-state index contributed by atoms with van der Waals surface area (Å²) in [7, 11) is -9.75. The Labute approximate surface area is 191 Å². The van der Waals surface area contributed by atoms with Crippen LogP contribution in [0, 0.1) is 0 Å². The highest BCUT2D eigenvalue weighted by molar-refractivity contribution is 7.95. The van der Waals surface area contributed by atoms with Crippen molar-refractivity contribution in [3.05, 3.63) is 91.0 Å². The van der Waals surface area contributed by atoms with Crippen LogP contribution in [-0.2, 0) is 20.2 Å². The van der Waals surface area contributed by atoms with Crippen LogP contribution in [0.15, 0.2) is 91.0 Å². The fourth-order valence-electron chi connectivity index (χ4n) is 3.52. The molecular formula is C23H27O6PS2. The van der Waals surface area contributed by atoms with E-state index in [1.54, 1.807) is 0 Å². The fraction of sp³-hybridized carbons (Fsp3) is 0.217. The van der Waals surface area contributed by atoms with Gasteiger partial charge in [0.25, 0.3) is 10.1 Å². The summed E-state index contributed by atoms with van der Waals surface area (Å²) in [5, 5.41) is 3.86. The van der Waals surface area contributed by atoms with E-state index in [1.807, 2.05) is 18.2 Å². The predicted molar refractivity (Wildman–Crippen MR) is 131 cm³/mol. The molecule has 0 spiro atoms. The summed E-state index contributed by atoms with van der Waals surface area (Å²) in [4.78, 5) is 0. The summed E-state index contributed by atoms with van der Waals surface area (Å²) < 4.78 is 58.6. The van der Waals surface area contributed by atoms with Crippen molar-refractivity contribution in [3.63, 3.8) is 0 Å². The molecule has 3 aromatic rings. The molecule has 0 heterocycles. The maximum atomic E-state index is 11.1. The van der Waals surface area contributed by atoms with Crippen LogP contribution in [0.4, 0.5) is 0 Å². The van der Waals surface area contributed by atoms with E-state index in [0.717, 1.165) is 12.6 Å². The van der Waals surface area contributed by atoms with Crippen LogP contribution in [-0.4, -0.2) is 44.1 Å². The van der Waals surface area contributed by atoms with Crippen molar-refractivity contribution in [1.29, 1.82) is 0 Å². The van der Waals surface area contributed by atoms with Gasteiger partial charge in [-0.05, 0) is 49.2 Å². The molecule has 1 N–H and O–H groups in total. The van der Waals surface area contributed by atoms with Crippen molar-refractivity contribution in [2.75, 3.05) is 18.2 Å². The smallest absolute Gasteiger partial charge is 0.264 e. The number of benzene rings is 3. The zero-order valence-electron chi connectivity index (χ0n) is 17.7. The summed E-state index contributed by atoms with van der Waals surface area (Å²) in [6.45, 7) is 0. The molecule has 32 heavy (non-hydrogen) atoms. The molecule has 3 aromatic carbocycles. The Balaban J connectivity index is 0.000000654. The van der Waals surface area contributed by atoms with E-state index in [0.29, 0.717) is 12.7 Å². The quantitative estimate of drug-likeness (QED) is 0.293. The van der Waals surface area contributed by atoms with Crippen molar-refractivity contribution in [3.8, 4) is 0 Å². The van der Waals surface area contributed by atoms with Crippen molar-refractivity contribution in [2.45, 2.75) is 12.8 Å². The fourth-order valence-corrected chi connectivity index (χ4v) is 8.49. The number of hydrogen-bond acceptors (Lipinski definition) is 5. The largest absolute Gasteiger partial charge is 0.748 e. The van der Waals surface area contributed by atoms with Crippen molar-refractivity contribution in [1.82, 2.24) is 0 Å². The molecule has 0 saturated heterocycles. The summed E-state index contributed by atoms with van der Waals surface area (Å²) in [6.07, 6.45) is 2.65. The standard InChI is InChI=1S/C22H23O3PS.CH4O3S/c23-27(24,25)19-11-10-18-26(20-12-4-1-5-13-20,21-14-6-2-7-15-21)22-16-8-3-9-17-22;1-5(2,3)4/h1-9,12-17H,10-11,18-19H2;1H3,(H,2,3,4). The van der Waals surface area contributed by atoms with E-state index < -0.39 is 27.5 Å². The van der Waals surface area contributed by atoms with Crippen LogP contribution in [0.1, 0.15) is 12.8 Å². The Kier molecular flexibility index (Phi) is 9.55. The molecule has 172 valence electrons. The first-order chi connectivity index (χ1) is 15.0. The van der Waals surface area contributed by atoms with Gasteiger partial charge in [0.1, 0.15) is 23.2 Å². The predicted octanol–water partition coefficient (Wildman–Crippen LogP) is 2.81. The highest BCUT2D eigenvalue weighted by Crippen LogP contribution is 2.55. The van der Waals surface area contributed by atoms with E-state index in [2.05, 4.69) is 72.8 Å². The molecule has 0 aliphatic rings. The van der Waals surface area contributed by atoms with E-state index in [4.69, 9.17) is 17.5 Å². The molecule has 0 radical (unpaired) electrons. The molecule has 0 fully saturated rings. The zero-order chi connectivity index (χ0) is 23.7. The SMILES string of the molecule is CS(=O)(=O)[O-].O=S(=O)(O)CCCC[P+](c1ccccc1)(c1ccccc1)c1ccccc1. The summed E-state index contributed by atoms with van der Waals surface area (Å²) in [6, 6.07) is 31.5. The molecule has 0 bridgehead atoms. The highest BCUT2D eigenvalue weighted by Gasteiger charge is 2.44. The van der Waals surface area contributed by atoms with E-state index >= 15 is 0 Å². The lowest BCUT2D eigenvalue weighted by molar-refractivity contribution is 0.469. The monoisotopic (exact) mass is 494 g/mol. The van der Waals surface area contributed by atoms with Crippen molar-refractivity contribution >= 4 is 43.4 Å². The Bertz CT molecular complexity index is 1060. The molecule has 0 aliphatic heterocycles. The zero-order valence-corrected chi connectivity index (χ0v) is 20.3. The summed E-state index contributed by atoms with van der Waals surface area (Å²) in [5.74, 6) is -0.189. The van der Waals surface area contributed by atoms with Gasteiger partial charge in [-0.15, -0.1) is 0 Å². The number of unbranched alkanes of at least 4 members (excludes halogenated alkanes) is 1. The third-order valence-electron chi connectivity index (χ3n) is 4.74. The third kappa shape index (κ3) is 8.45. The van der Waals surface area contributed by atoms with Gasteiger partial charge in [0, 0.05) is 6.26 Å². The lowest BCUT2D eigenvalue weighted by Crippen LogP contribution is -2.33. The Morgan fingerprint density at radius 3 is 1.28 bits per heavy atom. The summed E-state index contributed by atoms with van der Waals surface area (Å²) in [5.41, 5.74) is 0. The van der Waals surface area contributed by atoms with Gasteiger partial charge in [-0.25, -0.2) is 8.42 Å². The minimum Gasteiger partial charge on any atom is -0.748 e. The van der Waals surface area contributed by atoms with Crippen LogP contribution in [0.3, 0.4) is 0 Å². The molecule has 0 atom stereocenters. The van der Waals surface area contributed by atoms with Crippen LogP contribution in [0.5, 0.6) is 0 Å². The van der Waals surface area contributed by atoms with Gasteiger partial charge in [0.2, 0.25) is 0 Å². The topological polar surface area (TPSA) is 112 Å². The van der Waals surface area contributed by atoms with Gasteiger partial charge >= 0.3 is 0 Å². The molecule has 0 unspecified atom stereocenters. The third-order valence-corrected chi connectivity index (χ3v) is 10.1. The molecule has 0 saturated carbocycles. The lowest BCUT2D eigenvalue weighted by Gasteiger charge is -2.27. The molecule has 9 heteroatoms. The average Bonchev–Trinajstić information content (AvgIpc) is 2.74. The normalized spacial score (nSPS) is 12.0. The maximum Gasteiger partial charge on any atom is 0.264 e. The minimum atomic E-state index is -3.92. The second kappa shape index (κ2) is 11.7. The van der Waals surface area contributed by atoms with Crippen LogP contribution >= 0.6 is 7.26 Å². The van der Waals surface area contributed by atoms with Gasteiger partial charge < -0.3 is 4.55 Å². The maximum absolute atomic E-state index is 11.1. The average molecular weight is 495 g/mol. The van der Waals surface area contributed by atoms with E-state index in [9.17, 15) is 8.42 Å². The van der Waals surface area contributed by atoms with Gasteiger partial charge in [-0.3, -0.25) is 4.55 Å². The van der Waals surface area contributed by atoms with E-state index in [1.165, 1.54) is 15.9 Å². The second-order valence-corrected chi connectivity index (χ2v) is 13.8. The van der Waals surface area contributed by atoms with Crippen LogP contribution < -0.4 is 15.9 Å². The first-order valence-corrected chi connectivity index (χ1v) is 15.3. The Morgan fingerprint density at radius 1 is 0.688 bits per heavy atom. The van der Waals surface area contributed by atoms with Crippen LogP contribution in [0.25, 0.3) is 0 Å².